The Bertz CT molecular complexity index is 751. The molecule has 0 saturated carbocycles. The number of aliphatic carboxylic acids is 1. The predicted molar refractivity (Wildman–Crippen MR) is 121 cm³/mol. The Balaban J connectivity index is 2.00. The van der Waals surface area contributed by atoms with Crippen LogP contribution >= 0.6 is 11.8 Å². The first-order valence-electron chi connectivity index (χ1n) is 10.5. The van der Waals surface area contributed by atoms with Gasteiger partial charge in [-0.2, -0.15) is 0 Å². The van der Waals surface area contributed by atoms with E-state index in [9.17, 15) is 9.90 Å². The first-order chi connectivity index (χ1) is 14.0. The van der Waals surface area contributed by atoms with Crippen LogP contribution in [0.25, 0.3) is 0 Å². The molecule has 0 aliphatic heterocycles. The summed E-state index contributed by atoms with van der Waals surface area (Å²) in [6.07, 6.45) is 5.25. The van der Waals surface area contributed by atoms with E-state index in [-0.39, 0.29) is 11.8 Å². The SMILES string of the molecule is CCCCCC(CC)C(CSc1cc(OCc2ccccc2)ccc1N)C(=O)O. The molecule has 0 heterocycles. The number of rotatable bonds is 13. The number of nitrogens with two attached hydrogens (primary N) is 1. The van der Waals surface area contributed by atoms with Crippen molar-refractivity contribution in [2.75, 3.05) is 11.5 Å². The highest BCUT2D eigenvalue weighted by Gasteiger charge is 2.27. The van der Waals surface area contributed by atoms with Crippen LogP contribution in [0.1, 0.15) is 51.5 Å². The summed E-state index contributed by atoms with van der Waals surface area (Å²) in [7, 11) is 0. The van der Waals surface area contributed by atoms with E-state index < -0.39 is 5.97 Å². The molecule has 4 nitrogen and oxygen atoms in total. The molecule has 0 aromatic heterocycles. The molecule has 5 heteroatoms. The maximum Gasteiger partial charge on any atom is 0.307 e. The third-order valence-corrected chi connectivity index (χ3v) is 6.43. The van der Waals surface area contributed by atoms with Crippen LogP contribution in [0.4, 0.5) is 5.69 Å². The third-order valence-electron chi connectivity index (χ3n) is 5.24. The van der Waals surface area contributed by atoms with Crippen molar-refractivity contribution in [3.8, 4) is 5.75 Å². The van der Waals surface area contributed by atoms with Gasteiger partial charge in [-0.15, -0.1) is 11.8 Å². The lowest BCUT2D eigenvalue weighted by Gasteiger charge is -2.23. The Morgan fingerprint density at radius 1 is 1.14 bits per heavy atom. The fraction of sp³-hybridized carbons (Fsp3) is 0.458. The van der Waals surface area contributed by atoms with Crippen LogP contribution in [-0.2, 0) is 11.4 Å². The number of anilines is 1. The van der Waals surface area contributed by atoms with Gasteiger partial charge in [0.2, 0.25) is 0 Å². The highest BCUT2D eigenvalue weighted by molar-refractivity contribution is 7.99. The van der Waals surface area contributed by atoms with Crippen molar-refractivity contribution in [3.63, 3.8) is 0 Å². The molecule has 0 spiro atoms. The fourth-order valence-corrected chi connectivity index (χ4v) is 4.61. The number of unbranched alkanes of at least 4 members (excludes halogenated alkanes) is 2. The molecule has 3 N–H and O–H groups in total. The summed E-state index contributed by atoms with van der Waals surface area (Å²) >= 11 is 1.52. The van der Waals surface area contributed by atoms with Crippen molar-refractivity contribution >= 4 is 23.4 Å². The molecule has 2 rings (SSSR count). The van der Waals surface area contributed by atoms with Crippen LogP contribution in [0.3, 0.4) is 0 Å². The second-order valence-corrected chi connectivity index (χ2v) is 8.46. The molecular formula is C24H33NO3S. The van der Waals surface area contributed by atoms with Crippen LogP contribution in [0.15, 0.2) is 53.4 Å². The molecule has 2 atom stereocenters. The molecule has 0 amide bonds. The van der Waals surface area contributed by atoms with Gasteiger partial charge in [-0.3, -0.25) is 4.79 Å². The first-order valence-corrected chi connectivity index (χ1v) is 11.5. The minimum Gasteiger partial charge on any atom is -0.489 e. The number of carbonyl (C=O) groups is 1. The van der Waals surface area contributed by atoms with Crippen LogP contribution in [0.2, 0.25) is 0 Å². The molecule has 29 heavy (non-hydrogen) atoms. The van der Waals surface area contributed by atoms with E-state index in [2.05, 4.69) is 13.8 Å². The van der Waals surface area contributed by atoms with Gasteiger partial charge < -0.3 is 15.6 Å². The van der Waals surface area contributed by atoms with E-state index in [1.807, 2.05) is 48.5 Å². The summed E-state index contributed by atoms with van der Waals surface area (Å²) in [6.45, 7) is 4.74. The number of ether oxygens (including phenoxy) is 1. The van der Waals surface area contributed by atoms with Gasteiger partial charge in [-0.25, -0.2) is 0 Å². The van der Waals surface area contributed by atoms with E-state index >= 15 is 0 Å². The second-order valence-electron chi connectivity index (χ2n) is 7.39. The highest BCUT2D eigenvalue weighted by Crippen LogP contribution is 2.34. The first kappa shape index (κ1) is 23.1. The Morgan fingerprint density at radius 3 is 2.55 bits per heavy atom. The molecule has 0 bridgehead atoms. The second kappa shape index (κ2) is 12.4. The zero-order valence-electron chi connectivity index (χ0n) is 17.5. The molecule has 0 aliphatic rings. The quantitative estimate of drug-likeness (QED) is 0.230. The van der Waals surface area contributed by atoms with E-state index in [0.29, 0.717) is 18.0 Å². The van der Waals surface area contributed by atoms with E-state index in [0.717, 1.165) is 48.3 Å². The molecular weight excluding hydrogens is 382 g/mol. The molecule has 0 saturated heterocycles. The Hall–Kier alpha value is -2.14. The average Bonchev–Trinajstić information content (AvgIpc) is 2.73. The number of hydrogen-bond acceptors (Lipinski definition) is 4. The number of carboxylic acid groups (broad SMARTS) is 1. The minimum absolute atomic E-state index is 0.199. The summed E-state index contributed by atoms with van der Waals surface area (Å²) in [4.78, 5) is 12.8. The molecule has 0 fully saturated rings. The van der Waals surface area contributed by atoms with Crippen molar-refractivity contribution in [2.24, 2.45) is 11.8 Å². The van der Waals surface area contributed by atoms with Gasteiger partial charge in [0.15, 0.2) is 0 Å². The Labute approximate surface area is 178 Å². The number of benzene rings is 2. The van der Waals surface area contributed by atoms with Gasteiger partial charge in [-0.1, -0.05) is 69.9 Å². The summed E-state index contributed by atoms with van der Waals surface area (Å²) in [5.74, 6) is 0.385. The lowest BCUT2D eigenvalue weighted by Crippen LogP contribution is -2.25. The zero-order valence-corrected chi connectivity index (χ0v) is 18.3. The van der Waals surface area contributed by atoms with Crippen molar-refractivity contribution < 1.29 is 14.6 Å². The van der Waals surface area contributed by atoms with Crippen LogP contribution in [-0.4, -0.2) is 16.8 Å². The van der Waals surface area contributed by atoms with E-state index in [1.165, 1.54) is 11.8 Å². The number of nitrogen functional groups attached to an aromatic ring is 1. The van der Waals surface area contributed by atoms with Crippen LogP contribution < -0.4 is 10.5 Å². The van der Waals surface area contributed by atoms with Crippen molar-refractivity contribution in [1.82, 2.24) is 0 Å². The van der Waals surface area contributed by atoms with Crippen molar-refractivity contribution in [2.45, 2.75) is 57.5 Å². The van der Waals surface area contributed by atoms with Crippen LogP contribution in [0, 0.1) is 11.8 Å². The van der Waals surface area contributed by atoms with E-state index in [1.54, 1.807) is 0 Å². The van der Waals surface area contributed by atoms with E-state index in [4.69, 9.17) is 10.5 Å². The molecule has 0 radical (unpaired) electrons. The van der Waals surface area contributed by atoms with Crippen molar-refractivity contribution in [3.05, 3.63) is 54.1 Å². The standard InChI is InChI=1S/C24H33NO3S/c1-3-5-7-12-19(4-2)21(24(26)27)17-29-23-15-20(13-14-22(23)25)28-16-18-10-8-6-9-11-18/h6,8-11,13-15,19,21H,3-5,7,12,16-17,25H2,1-2H3,(H,26,27). The van der Waals surface area contributed by atoms with Crippen LogP contribution in [0.5, 0.6) is 5.75 Å². The summed E-state index contributed by atoms with van der Waals surface area (Å²) in [6, 6.07) is 15.6. The fourth-order valence-electron chi connectivity index (χ4n) is 3.41. The summed E-state index contributed by atoms with van der Waals surface area (Å²) in [5.41, 5.74) is 7.90. The van der Waals surface area contributed by atoms with Gasteiger partial charge in [0.1, 0.15) is 12.4 Å². The minimum atomic E-state index is -0.712. The number of carboxylic acids is 1. The van der Waals surface area contributed by atoms with Gasteiger partial charge >= 0.3 is 5.97 Å². The highest BCUT2D eigenvalue weighted by atomic mass is 32.2. The Kier molecular flexibility index (Phi) is 9.92. The molecule has 158 valence electrons. The maximum atomic E-state index is 11.9. The summed E-state index contributed by atoms with van der Waals surface area (Å²) in [5, 5.41) is 9.77. The van der Waals surface area contributed by atoms with Gasteiger partial charge in [-0.05, 0) is 36.1 Å². The molecule has 0 aliphatic carbocycles. The average molecular weight is 416 g/mol. The Morgan fingerprint density at radius 2 is 1.90 bits per heavy atom. The predicted octanol–water partition coefficient (Wildman–Crippen LogP) is 6.25. The van der Waals surface area contributed by atoms with Gasteiger partial charge in [0, 0.05) is 16.3 Å². The van der Waals surface area contributed by atoms with Gasteiger partial charge in [0.05, 0.1) is 5.92 Å². The molecule has 2 aromatic carbocycles. The molecule has 2 unspecified atom stereocenters. The molecule has 2 aromatic rings. The van der Waals surface area contributed by atoms with Crippen molar-refractivity contribution in [1.29, 1.82) is 0 Å². The number of hydrogen-bond donors (Lipinski definition) is 2. The topological polar surface area (TPSA) is 72.5 Å². The smallest absolute Gasteiger partial charge is 0.307 e. The lowest BCUT2D eigenvalue weighted by molar-refractivity contribution is -0.142. The normalized spacial score (nSPS) is 13.0. The largest absolute Gasteiger partial charge is 0.489 e. The zero-order chi connectivity index (χ0) is 21.1. The maximum absolute atomic E-state index is 11.9. The number of thioether (sulfide) groups is 1. The summed E-state index contributed by atoms with van der Waals surface area (Å²) < 4.78 is 5.89. The lowest BCUT2D eigenvalue weighted by atomic mass is 9.87. The monoisotopic (exact) mass is 415 g/mol. The van der Waals surface area contributed by atoms with Gasteiger partial charge in [0.25, 0.3) is 0 Å². The third kappa shape index (κ3) is 7.65.